The number of amides is 2. The summed E-state index contributed by atoms with van der Waals surface area (Å²) in [5.74, 6) is -1.55. The van der Waals surface area contributed by atoms with Crippen LogP contribution in [-0.2, 0) is 9.47 Å². The molecule has 12 nitrogen and oxygen atoms in total. The molecular formula is C37H35F2N7O5S. The van der Waals surface area contributed by atoms with Crippen LogP contribution in [0.4, 0.5) is 29.2 Å². The highest BCUT2D eigenvalue weighted by molar-refractivity contribution is 7.23. The Hall–Kier alpha value is -5.54. The van der Waals surface area contributed by atoms with E-state index in [1.165, 1.54) is 6.07 Å². The van der Waals surface area contributed by atoms with E-state index in [0.29, 0.717) is 18.4 Å². The summed E-state index contributed by atoms with van der Waals surface area (Å²) in [6.45, 7) is 15.0. The lowest BCUT2D eigenvalue weighted by atomic mass is 9.86. The summed E-state index contributed by atoms with van der Waals surface area (Å²) in [6.07, 6.45) is 0.241. The van der Waals surface area contributed by atoms with Gasteiger partial charge in [0.15, 0.2) is 5.82 Å². The van der Waals surface area contributed by atoms with Gasteiger partial charge in [0.1, 0.15) is 40.0 Å². The number of rotatable bonds is 2. The molecule has 0 aliphatic carbocycles. The first kappa shape index (κ1) is 34.9. The number of piperazine rings is 1. The molecule has 4 aromatic rings. The summed E-state index contributed by atoms with van der Waals surface area (Å²) in [7, 11) is 0. The lowest BCUT2D eigenvalue weighted by Gasteiger charge is -2.47. The Labute approximate surface area is 301 Å². The number of hydrogen-bond acceptors (Lipinski definition) is 10. The van der Waals surface area contributed by atoms with Crippen LogP contribution in [0.25, 0.3) is 37.7 Å². The Bertz CT molecular complexity index is 2390. The van der Waals surface area contributed by atoms with Crippen LogP contribution in [0, 0.1) is 34.3 Å². The van der Waals surface area contributed by atoms with E-state index in [1.807, 2.05) is 11.0 Å². The molecule has 268 valence electrons. The number of halogens is 2. The minimum atomic E-state index is -0.984. The van der Waals surface area contributed by atoms with Crippen molar-refractivity contribution in [2.45, 2.75) is 90.1 Å². The molecule has 2 aromatic carbocycles. The molecule has 0 radical (unpaired) electrons. The second-order valence-corrected chi connectivity index (χ2v) is 16.2. The Kier molecular flexibility index (Phi) is 8.07. The molecule has 7 rings (SSSR count). The summed E-state index contributed by atoms with van der Waals surface area (Å²) in [5.41, 5.74) is -2.56. The molecule has 5 heterocycles. The molecule has 15 heteroatoms. The third-order valence-electron chi connectivity index (χ3n) is 9.48. The van der Waals surface area contributed by atoms with Gasteiger partial charge >= 0.3 is 17.9 Å². The van der Waals surface area contributed by atoms with Gasteiger partial charge in [-0.2, -0.15) is 15.5 Å². The number of benzene rings is 2. The lowest BCUT2D eigenvalue weighted by Crippen LogP contribution is -2.62. The Morgan fingerprint density at radius 3 is 2.37 bits per heavy atom. The molecule has 2 N–H and O–H groups in total. The highest BCUT2D eigenvalue weighted by Crippen LogP contribution is 2.50. The smallest absolute Gasteiger partial charge is 0.412 e. The van der Waals surface area contributed by atoms with Gasteiger partial charge in [0.2, 0.25) is 0 Å². The molecule has 3 atom stereocenters. The number of fused-ring (bicyclic) bond motifs is 6. The van der Waals surface area contributed by atoms with Crippen LogP contribution in [0.5, 0.6) is 0 Å². The first-order valence-electron chi connectivity index (χ1n) is 16.7. The molecular weight excluding hydrogens is 693 g/mol. The van der Waals surface area contributed by atoms with E-state index in [-0.39, 0.29) is 84.7 Å². The summed E-state index contributed by atoms with van der Waals surface area (Å²) in [6, 6.07) is 5.47. The van der Waals surface area contributed by atoms with Crippen LogP contribution < -0.4 is 15.9 Å². The van der Waals surface area contributed by atoms with Crippen molar-refractivity contribution < 1.29 is 27.8 Å². The number of carbonyl (C=O) groups is 2. The van der Waals surface area contributed by atoms with E-state index >= 15 is 8.78 Å². The normalized spacial score (nSPS) is 19.6. The van der Waals surface area contributed by atoms with E-state index in [2.05, 4.69) is 27.9 Å². The monoisotopic (exact) mass is 727 g/mol. The fraction of sp³-hybridized carbons (Fsp3) is 0.405. The van der Waals surface area contributed by atoms with Gasteiger partial charge in [-0.1, -0.05) is 12.6 Å². The van der Waals surface area contributed by atoms with Crippen LogP contribution in [0.2, 0.25) is 0 Å². The Morgan fingerprint density at radius 1 is 1.02 bits per heavy atom. The third kappa shape index (κ3) is 5.60. The van der Waals surface area contributed by atoms with Crippen molar-refractivity contribution in [1.29, 1.82) is 10.5 Å². The topological polar surface area (TPSA) is 164 Å². The first-order valence-corrected chi connectivity index (χ1v) is 17.5. The van der Waals surface area contributed by atoms with Gasteiger partial charge in [-0.25, -0.2) is 23.2 Å². The summed E-state index contributed by atoms with van der Waals surface area (Å²) in [4.78, 5) is 49.9. The molecule has 3 aliphatic heterocycles. The van der Waals surface area contributed by atoms with Gasteiger partial charge < -0.3 is 19.4 Å². The SMILES string of the molecule is C=C1C[C@@H]2[C@@H]3CC[C@H](CN2c2nc(=O)[nH]c4c(F)c(-c5ccc(F)c6sc(NC(=O)OC(C)(C)C)c(C#N)c56)c(C#N)c1c24)N3C(=O)OC(C)(C)C. The second kappa shape index (κ2) is 12.0. The van der Waals surface area contributed by atoms with Gasteiger partial charge in [-0.15, -0.1) is 11.3 Å². The van der Waals surface area contributed by atoms with E-state index in [9.17, 15) is 24.9 Å². The highest BCUT2D eigenvalue weighted by atomic mass is 32.1. The Balaban J connectivity index is 1.44. The molecule has 0 unspecified atom stereocenters. The van der Waals surface area contributed by atoms with E-state index in [0.717, 1.165) is 17.4 Å². The second-order valence-electron chi connectivity index (χ2n) is 15.2. The van der Waals surface area contributed by atoms with E-state index < -0.39 is 46.8 Å². The maximum absolute atomic E-state index is 17.2. The van der Waals surface area contributed by atoms with Crippen molar-refractivity contribution in [1.82, 2.24) is 14.9 Å². The van der Waals surface area contributed by atoms with Crippen molar-refractivity contribution in [3.05, 3.63) is 57.5 Å². The van der Waals surface area contributed by atoms with Gasteiger partial charge in [-0.3, -0.25) is 10.2 Å². The fourth-order valence-corrected chi connectivity index (χ4v) is 8.80. The lowest BCUT2D eigenvalue weighted by molar-refractivity contribution is 0.00776. The number of aromatic amines is 1. The molecule has 2 amide bonds. The number of aromatic nitrogens is 2. The number of ether oxygens (including phenoxy) is 2. The number of hydrogen-bond donors (Lipinski definition) is 2. The number of H-pyrrole nitrogens is 1. The maximum Gasteiger partial charge on any atom is 0.412 e. The summed E-state index contributed by atoms with van der Waals surface area (Å²) in [5, 5.41) is 23.7. The molecule has 2 bridgehead atoms. The quantitative estimate of drug-likeness (QED) is 0.212. The largest absolute Gasteiger partial charge is 0.444 e. The Morgan fingerprint density at radius 2 is 1.71 bits per heavy atom. The van der Waals surface area contributed by atoms with Crippen molar-refractivity contribution in [2.24, 2.45) is 0 Å². The molecule has 0 saturated carbocycles. The van der Waals surface area contributed by atoms with Gasteiger partial charge in [-0.05, 0) is 78.0 Å². The number of nitrogens with zero attached hydrogens (tertiary/aromatic N) is 5. The van der Waals surface area contributed by atoms with E-state index in [1.54, 1.807) is 46.4 Å². The van der Waals surface area contributed by atoms with Crippen LogP contribution in [0.15, 0.2) is 23.5 Å². The average Bonchev–Trinajstić information content (AvgIpc) is 3.54. The van der Waals surface area contributed by atoms with Gasteiger partial charge in [0, 0.05) is 23.1 Å². The first-order chi connectivity index (χ1) is 24.4. The molecule has 0 spiro atoms. The highest BCUT2D eigenvalue weighted by Gasteiger charge is 2.51. The van der Waals surface area contributed by atoms with Crippen molar-refractivity contribution in [2.75, 3.05) is 16.8 Å². The van der Waals surface area contributed by atoms with Crippen LogP contribution in [0.3, 0.4) is 0 Å². The molecule has 52 heavy (non-hydrogen) atoms. The number of anilines is 2. The summed E-state index contributed by atoms with van der Waals surface area (Å²) < 4.78 is 43.7. The summed E-state index contributed by atoms with van der Waals surface area (Å²) >= 11 is 0.768. The maximum atomic E-state index is 17.2. The molecule has 2 fully saturated rings. The van der Waals surface area contributed by atoms with E-state index in [4.69, 9.17) is 9.47 Å². The number of carbonyl (C=O) groups excluding carboxylic acids is 2. The zero-order chi connectivity index (χ0) is 37.6. The number of nitrogens with one attached hydrogen (secondary N) is 2. The predicted octanol–water partition coefficient (Wildman–Crippen LogP) is 7.55. The predicted molar refractivity (Wildman–Crippen MR) is 192 cm³/mol. The van der Waals surface area contributed by atoms with Crippen molar-refractivity contribution in [3.8, 4) is 23.3 Å². The van der Waals surface area contributed by atoms with Crippen molar-refractivity contribution in [3.63, 3.8) is 0 Å². The third-order valence-corrected chi connectivity index (χ3v) is 10.6. The van der Waals surface area contributed by atoms with Gasteiger partial charge in [0.05, 0.1) is 44.9 Å². The molecule has 2 saturated heterocycles. The van der Waals surface area contributed by atoms with Crippen LogP contribution in [0.1, 0.15) is 77.5 Å². The molecule has 3 aliphatic rings. The average molecular weight is 728 g/mol. The standard InChI is InChI=1S/C37H35F2N7O5S/c1-16-12-23-22-11-8-17(46(22)35(49)51-37(5,6)7)15-45(23)31-27-24(16)19(13-40)25(28(39)29(27)42-33(47)43-31)18-9-10-21(38)30-26(18)20(14-41)32(52-30)44-34(48)50-36(2,3)4/h9-10,17,22-23H,1,8,11-12,15H2,2-7H3,(H,44,48)(H,42,43,47)/t17-,22+,23-/m1/s1. The van der Waals surface area contributed by atoms with Crippen molar-refractivity contribution >= 4 is 60.9 Å². The zero-order valence-corrected chi connectivity index (χ0v) is 30.2. The minimum Gasteiger partial charge on any atom is -0.444 e. The minimum absolute atomic E-state index is 0.00206. The van der Waals surface area contributed by atoms with Crippen LogP contribution in [-0.4, -0.2) is 62.9 Å². The molecule has 2 aromatic heterocycles. The van der Waals surface area contributed by atoms with Crippen LogP contribution >= 0.6 is 11.3 Å². The fourth-order valence-electron chi connectivity index (χ4n) is 7.73. The zero-order valence-electron chi connectivity index (χ0n) is 29.4. The number of thiophene rings is 1. The number of nitriles is 2. The van der Waals surface area contributed by atoms with Gasteiger partial charge in [0.25, 0.3) is 0 Å².